The molecule has 9 aromatic carbocycles. The standard InChI is InChI=1S/C60H38N4O/c61-35-49-50(36-62)60(64-52-30-28-42(38-17-7-2-8-18-38)34-48(52)46-26-14-24-44(58(46)64)40-21-11-4-12-22-40)56-54-32-31-53(65-54)55(56)59(49)63-51-29-27-41(37-15-5-1-6-16-37)33-47(51)45-25-13-23-43(57(45)63)39-19-9-3-10-20-39/h1-30,33-34,53-54H,31-32H2. The van der Waals surface area contributed by atoms with E-state index in [4.69, 9.17) is 4.74 Å². The molecule has 1 fully saturated rings. The summed E-state index contributed by atoms with van der Waals surface area (Å²) in [6.07, 6.45) is 1.14. The van der Waals surface area contributed by atoms with Gasteiger partial charge in [0.05, 0.1) is 56.8 Å². The highest BCUT2D eigenvalue weighted by molar-refractivity contribution is 6.17. The molecule has 1 saturated heterocycles. The van der Waals surface area contributed by atoms with Crippen LogP contribution in [0.15, 0.2) is 194 Å². The van der Waals surface area contributed by atoms with E-state index in [1.54, 1.807) is 0 Å². The van der Waals surface area contributed by atoms with Gasteiger partial charge in [0.25, 0.3) is 0 Å². The third-order valence-corrected chi connectivity index (χ3v) is 13.8. The second-order valence-corrected chi connectivity index (χ2v) is 17.2. The summed E-state index contributed by atoms with van der Waals surface area (Å²) in [6.45, 7) is 0. The molecule has 13 rings (SSSR count). The van der Waals surface area contributed by atoms with Crippen molar-refractivity contribution in [2.24, 2.45) is 0 Å². The first-order valence-electron chi connectivity index (χ1n) is 22.3. The Hall–Kier alpha value is -8.48. The number of ether oxygens (including phenoxy) is 1. The maximum atomic E-state index is 11.7. The van der Waals surface area contributed by atoms with Crippen LogP contribution in [0.1, 0.15) is 47.3 Å². The number of para-hydroxylation sites is 2. The molecule has 2 aliphatic heterocycles. The zero-order valence-electron chi connectivity index (χ0n) is 35.2. The van der Waals surface area contributed by atoms with Gasteiger partial charge < -0.3 is 13.9 Å². The minimum Gasteiger partial charge on any atom is -0.365 e. The van der Waals surface area contributed by atoms with Crippen molar-refractivity contribution in [1.29, 1.82) is 10.5 Å². The molecule has 0 spiro atoms. The molecule has 2 atom stereocenters. The van der Waals surface area contributed by atoms with Gasteiger partial charge in [-0.3, -0.25) is 0 Å². The number of nitrogens with zero attached hydrogens (tertiary/aromatic N) is 4. The molecule has 2 aromatic heterocycles. The average molecular weight is 831 g/mol. The van der Waals surface area contributed by atoms with Crippen molar-refractivity contribution in [3.8, 4) is 68.0 Å². The fourth-order valence-corrected chi connectivity index (χ4v) is 11.1. The zero-order valence-corrected chi connectivity index (χ0v) is 35.2. The first-order chi connectivity index (χ1) is 32.2. The minimum atomic E-state index is -0.255. The molecule has 11 aromatic rings. The van der Waals surface area contributed by atoms with Crippen molar-refractivity contribution in [2.75, 3.05) is 0 Å². The Kier molecular flexibility index (Phi) is 8.30. The Balaban J connectivity index is 1.19. The van der Waals surface area contributed by atoms with E-state index in [9.17, 15) is 10.5 Å². The van der Waals surface area contributed by atoms with E-state index in [1.807, 2.05) is 24.3 Å². The molecule has 2 bridgehead atoms. The highest BCUT2D eigenvalue weighted by Crippen LogP contribution is 2.58. The van der Waals surface area contributed by atoms with E-state index < -0.39 is 0 Å². The van der Waals surface area contributed by atoms with Crippen LogP contribution in [0.5, 0.6) is 0 Å². The maximum Gasteiger partial charge on any atom is 0.103 e. The molecule has 0 saturated carbocycles. The van der Waals surface area contributed by atoms with Gasteiger partial charge in [-0.1, -0.05) is 170 Å². The first-order valence-corrected chi connectivity index (χ1v) is 22.3. The van der Waals surface area contributed by atoms with Crippen molar-refractivity contribution < 1.29 is 4.74 Å². The highest BCUT2D eigenvalue weighted by atomic mass is 16.5. The Morgan fingerprint density at radius 1 is 0.385 bits per heavy atom. The molecule has 65 heavy (non-hydrogen) atoms. The number of benzene rings is 9. The second-order valence-electron chi connectivity index (χ2n) is 17.2. The van der Waals surface area contributed by atoms with Crippen LogP contribution in [0.3, 0.4) is 0 Å². The fraction of sp³-hybridized carbons (Fsp3) is 0.0667. The van der Waals surface area contributed by atoms with Crippen molar-refractivity contribution in [3.63, 3.8) is 0 Å². The molecule has 5 nitrogen and oxygen atoms in total. The first kappa shape index (κ1) is 37.1. The molecule has 2 aliphatic rings. The van der Waals surface area contributed by atoms with Crippen LogP contribution in [0.4, 0.5) is 0 Å². The van der Waals surface area contributed by atoms with Crippen LogP contribution >= 0.6 is 0 Å². The molecule has 0 N–H and O–H groups in total. The topological polar surface area (TPSA) is 66.7 Å². The summed E-state index contributed by atoms with van der Waals surface area (Å²) in [4.78, 5) is 0. The van der Waals surface area contributed by atoms with Crippen LogP contribution in [0.2, 0.25) is 0 Å². The third kappa shape index (κ3) is 5.47. The Morgan fingerprint density at radius 3 is 1.15 bits per heavy atom. The van der Waals surface area contributed by atoms with Gasteiger partial charge in [0.1, 0.15) is 12.1 Å². The summed E-state index contributed by atoms with van der Waals surface area (Å²) in [7, 11) is 0. The van der Waals surface area contributed by atoms with E-state index in [1.165, 1.54) is 0 Å². The second kappa shape index (κ2) is 14.5. The molecule has 304 valence electrons. The van der Waals surface area contributed by atoms with E-state index in [0.29, 0.717) is 11.1 Å². The lowest BCUT2D eigenvalue weighted by molar-refractivity contribution is 0.0717. The summed E-state index contributed by atoms with van der Waals surface area (Å²) in [5.74, 6) is 0. The van der Waals surface area contributed by atoms with Gasteiger partial charge in [-0.25, -0.2) is 0 Å². The lowest BCUT2D eigenvalue weighted by Crippen LogP contribution is -2.15. The summed E-state index contributed by atoms with van der Waals surface area (Å²) < 4.78 is 11.6. The van der Waals surface area contributed by atoms with Gasteiger partial charge >= 0.3 is 0 Å². The smallest absolute Gasteiger partial charge is 0.103 e. The number of aromatic nitrogens is 2. The summed E-state index contributed by atoms with van der Waals surface area (Å²) in [5.41, 5.74) is 16.8. The highest BCUT2D eigenvalue weighted by Gasteiger charge is 2.46. The quantitative estimate of drug-likeness (QED) is 0.168. The lowest BCUT2D eigenvalue weighted by Gasteiger charge is -2.26. The summed E-state index contributed by atoms with van der Waals surface area (Å²) in [6, 6.07) is 73.5. The molecular weight excluding hydrogens is 793 g/mol. The Bertz CT molecular complexity index is 3560. The van der Waals surface area contributed by atoms with Crippen LogP contribution in [-0.2, 0) is 4.74 Å². The normalized spacial score (nSPS) is 15.2. The van der Waals surface area contributed by atoms with Gasteiger partial charge in [-0.05, 0) is 70.5 Å². The maximum absolute atomic E-state index is 11.7. The third-order valence-electron chi connectivity index (χ3n) is 13.8. The fourth-order valence-electron chi connectivity index (χ4n) is 11.1. The van der Waals surface area contributed by atoms with Gasteiger partial charge in [0.15, 0.2) is 0 Å². The van der Waals surface area contributed by atoms with E-state index in [2.05, 4.69) is 191 Å². The number of hydrogen-bond acceptors (Lipinski definition) is 3. The monoisotopic (exact) mass is 830 g/mol. The molecule has 0 radical (unpaired) electrons. The van der Waals surface area contributed by atoms with Gasteiger partial charge in [-0.2, -0.15) is 10.5 Å². The number of hydrogen-bond donors (Lipinski definition) is 0. The molecular formula is C60H38N4O. The zero-order chi connectivity index (χ0) is 43.2. The van der Waals surface area contributed by atoms with Crippen molar-refractivity contribution in [3.05, 3.63) is 216 Å². The van der Waals surface area contributed by atoms with E-state index >= 15 is 0 Å². The van der Waals surface area contributed by atoms with Crippen LogP contribution < -0.4 is 0 Å². The predicted octanol–water partition coefficient (Wildman–Crippen LogP) is 15.2. The Labute approximate surface area is 375 Å². The average Bonchev–Trinajstić information content (AvgIpc) is 4.16. The molecule has 2 unspecified atom stereocenters. The Morgan fingerprint density at radius 2 is 0.769 bits per heavy atom. The molecule has 0 amide bonds. The van der Waals surface area contributed by atoms with Crippen molar-refractivity contribution >= 4 is 43.6 Å². The molecule has 5 heteroatoms. The summed E-state index contributed by atoms with van der Waals surface area (Å²) >= 11 is 0. The van der Waals surface area contributed by atoms with E-state index in [-0.39, 0.29) is 12.2 Å². The minimum absolute atomic E-state index is 0.255. The largest absolute Gasteiger partial charge is 0.365 e. The van der Waals surface area contributed by atoms with Gasteiger partial charge in [-0.15, -0.1) is 0 Å². The summed E-state index contributed by atoms with van der Waals surface area (Å²) in [5, 5.41) is 27.8. The molecule has 4 heterocycles. The number of rotatable bonds is 6. The van der Waals surface area contributed by atoms with Crippen molar-refractivity contribution in [1.82, 2.24) is 9.13 Å². The van der Waals surface area contributed by atoms with Gasteiger partial charge in [0, 0.05) is 43.8 Å². The van der Waals surface area contributed by atoms with Crippen LogP contribution in [-0.4, -0.2) is 9.13 Å². The SMILES string of the molecule is N#Cc1c(C#N)c(-n2c3ccc(-c4ccccc4)cc3c3cccc(-c4ccccc4)c32)c2c(c1-n1c3ccc(-c4ccccc4)cc3c3cccc(-c4ccccc4)c31)C1CCC2O1. The predicted molar refractivity (Wildman–Crippen MR) is 262 cm³/mol. The number of nitriles is 2. The van der Waals surface area contributed by atoms with Crippen LogP contribution in [0, 0.1) is 22.7 Å². The van der Waals surface area contributed by atoms with Gasteiger partial charge in [0.2, 0.25) is 0 Å². The lowest BCUT2D eigenvalue weighted by atomic mass is 9.84. The van der Waals surface area contributed by atoms with E-state index in [0.717, 1.165) is 123 Å². The molecule has 0 aliphatic carbocycles. The van der Waals surface area contributed by atoms with Crippen molar-refractivity contribution in [2.45, 2.75) is 25.0 Å². The van der Waals surface area contributed by atoms with Crippen LogP contribution in [0.25, 0.3) is 99.5 Å². The number of fused-ring (bicyclic) bond motifs is 11.